The quantitative estimate of drug-likeness (QED) is 0.802. The molecule has 5 heteroatoms. The molecule has 0 fully saturated rings. The number of rotatable bonds is 3. The average Bonchev–Trinajstić information content (AvgIpc) is 2.77. The van der Waals surface area contributed by atoms with Crippen LogP contribution in [0.15, 0.2) is 39.4 Å². The van der Waals surface area contributed by atoms with Gasteiger partial charge in [-0.2, -0.15) is 0 Å². The van der Waals surface area contributed by atoms with Crippen LogP contribution in [0.4, 0.5) is 0 Å². The molecule has 2 heterocycles. The van der Waals surface area contributed by atoms with E-state index in [4.69, 9.17) is 0 Å². The van der Waals surface area contributed by atoms with Crippen LogP contribution < -0.4 is 11.2 Å². The van der Waals surface area contributed by atoms with Gasteiger partial charge >= 0.3 is 5.69 Å². The van der Waals surface area contributed by atoms with Gasteiger partial charge < -0.3 is 4.57 Å². The summed E-state index contributed by atoms with van der Waals surface area (Å²) in [6.45, 7) is 2.81. The van der Waals surface area contributed by atoms with Gasteiger partial charge in [-0.1, -0.05) is 6.07 Å². The van der Waals surface area contributed by atoms with Crippen molar-refractivity contribution in [2.24, 2.45) is 0 Å². The van der Waals surface area contributed by atoms with E-state index in [9.17, 15) is 9.59 Å². The van der Waals surface area contributed by atoms with Crippen LogP contribution in [-0.2, 0) is 13.1 Å². The van der Waals surface area contributed by atoms with E-state index in [1.807, 2.05) is 24.4 Å². The maximum Gasteiger partial charge on any atom is 0.331 e. The molecule has 0 spiro atoms. The summed E-state index contributed by atoms with van der Waals surface area (Å²) in [4.78, 5) is 24.5. The van der Waals surface area contributed by atoms with Crippen molar-refractivity contribution in [3.63, 3.8) is 0 Å². The second-order valence-electron chi connectivity index (χ2n) is 3.39. The normalized spacial score (nSPS) is 10.6. The Hall–Kier alpha value is -1.62. The fourth-order valence-electron chi connectivity index (χ4n) is 1.50. The Morgan fingerprint density at radius 2 is 2.12 bits per heavy atom. The third-order valence-corrected chi connectivity index (χ3v) is 3.24. The summed E-state index contributed by atoms with van der Waals surface area (Å²) in [6, 6.07) is 5.25. The van der Waals surface area contributed by atoms with E-state index >= 15 is 0 Å². The van der Waals surface area contributed by atoms with Crippen molar-refractivity contribution >= 4 is 11.3 Å². The van der Waals surface area contributed by atoms with Crippen LogP contribution in [0.2, 0.25) is 0 Å². The van der Waals surface area contributed by atoms with Gasteiger partial charge in [0.2, 0.25) is 0 Å². The second-order valence-corrected chi connectivity index (χ2v) is 4.42. The Kier molecular flexibility index (Phi) is 3.05. The number of aromatic nitrogens is 2. The van der Waals surface area contributed by atoms with E-state index in [0.717, 1.165) is 4.88 Å². The lowest BCUT2D eigenvalue weighted by Gasteiger charge is -2.06. The topological polar surface area (TPSA) is 44.0 Å². The first-order valence-electron chi connectivity index (χ1n) is 5.05. The highest BCUT2D eigenvalue weighted by atomic mass is 32.1. The third-order valence-electron chi connectivity index (χ3n) is 2.37. The molecule has 0 aliphatic carbocycles. The predicted molar refractivity (Wildman–Crippen MR) is 64.1 cm³/mol. The summed E-state index contributed by atoms with van der Waals surface area (Å²) >= 11 is 1.54. The molecule has 84 valence electrons. The summed E-state index contributed by atoms with van der Waals surface area (Å²) in [5.74, 6) is 0. The van der Waals surface area contributed by atoms with E-state index in [1.54, 1.807) is 11.3 Å². The molecule has 0 bridgehead atoms. The smallest absolute Gasteiger partial charge is 0.301 e. The molecule has 2 rings (SSSR count). The minimum atomic E-state index is -0.247. The number of nitrogens with zero attached hydrogens (tertiary/aromatic N) is 2. The highest BCUT2D eigenvalue weighted by Gasteiger charge is 2.05. The molecule has 0 saturated heterocycles. The van der Waals surface area contributed by atoms with Crippen molar-refractivity contribution in [1.29, 1.82) is 0 Å². The zero-order valence-electron chi connectivity index (χ0n) is 8.92. The fraction of sp³-hybridized carbons (Fsp3) is 0.273. The first kappa shape index (κ1) is 10.9. The molecule has 2 aromatic rings. The first-order chi connectivity index (χ1) is 7.72. The van der Waals surface area contributed by atoms with Crippen molar-refractivity contribution in [2.45, 2.75) is 20.0 Å². The maximum atomic E-state index is 11.9. The van der Waals surface area contributed by atoms with E-state index in [1.165, 1.54) is 21.4 Å². The van der Waals surface area contributed by atoms with Gasteiger partial charge in [-0.3, -0.25) is 9.36 Å². The van der Waals surface area contributed by atoms with Crippen LogP contribution in [-0.4, -0.2) is 9.13 Å². The SMILES string of the molecule is CCn1ccc(=O)n(Cc2cccs2)c1=O. The van der Waals surface area contributed by atoms with Crippen LogP contribution in [0.3, 0.4) is 0 Å². The Morgan fingerprint density at radius 3 is 2.75 bits per heavy atom. The summed E-state index contributed by atoms with van der Waals surface area (Å²) in [5.41, 5.74) is -0.494. The van der Waals surface area contributed by atoms with Crippen LogP contribution in [0.1, 0.15) is 11.8 Å². The maximum absolute atomic E-state index is 11.9. The largest absolute Gasteiger partial charge is 0.331 e. The van der Waals surface area contributed by atoms with E-state index in [-0.39, 0.29) is 11.2 Å². The highest BCUT2D eigenvalue weighted by molar-refractivity contribution is 7.09. The molecule has 2 aromatic heterocycles. The van der Waals surface area contributed by atoms with Gasteiger partial charge in [-0.05, 0) is 18.4 Å². The van der Waals surface area contributed by atoms with E-state index < -0.39 is 0 Å². The van der Waals surface area contributed by atoms with Gasteiger partial charge in [0.15, 0.2) is 0 Å². The number of thiophene rings is 1. The minimum Gasteiger partial charge on any atom is -0.301 e. The Labute approximate surface area is 96.4 Å². The van der Waals surface area contributed by atoms with Gasteiger partial charge in [0.05, 0.1) is 6.54 Å². The minimum absolute atomic E-state index is 0.247. The zero-order valence-corrected chi connectivity index (χ0v) is 9.74. The van der Waals surface area contributed by atoms with Crippen molar-refractivity contribution in [2.75, 3.05) is 0 Å². The molecule has 16 heavy (non-hydrogen) atoms. The summed E-state index contributed by atoms with van der Waals surface area (Å²) < 4.78 is 2.78. The number of hydrogen-bond donors (Lipinski definition) is 0. The lowest BCUT2D eigenvalue weighted by atomic mass is 10.4. The molecule has 0 aliphatic heterocycles. The fourth-order valence-corrected chi connectivity index (χ4v) is 2.19. The zero-order chi connectivity index (χ0) is 11.5. The van der Waals surface area contributed by atoms with Crippen molar-refractivity contribution < 1.29 is 0 Å². The summed E-state index contributed by atoms with van der Waals surface area (Å²) in [6.07, 6.45) is 1.54. The molecule has 0 N–H and O–H groups in total. The molecule has 0 aromatic carbocycles. The number of aryl methyl sites for hydroxylation is 1. The second kappa shape index (κ2) is 4.49. The molecule has 4 nitrogen and oxygen atoms in total. The van der Waals surface area contributed by atoms with Gasteiger partial charge in [0, 0.05) is 23.7 Å². The molecular formula is C11H12N2O2S. The van der Waals surface area contributed by atoms with E-state index in [0.29, 0.717) is 13.1 Å². The standard InChI is InChI=1S/C11H12N2O2S/c1-2-12-6-5-10(14)13(11(12)15)8-9-4-3-7-16-9/h3-7H,2,8H2,1H3. The Balaban J connectivity index is 2.48. The molecule has 0 saturated carbocycles. The molecule has 0 atom stereocenters. The Bertz CT molecular complexity index is 581. The van der Waals surface area contributed by atoms with Crippen LogP contribution in [0.25, 0.3) is 0 Å². The molecule has 0 aliphatic rings. The van der Waals surface area contributed by atoms with Gasteiger partial charge in [-0.15, -0.1) is 11.3 Å². The van der Waals surface area contributed by atoms with Gasteiger partial charge in [0.1, 0.15) is 0 Å². The average molecular weight is 236 g/mol. The molecule has 0 radical (unpaired) electrons. The number of hydrogen-bond acceptors (Lipinski definition) is 3. The molecule has 0 amide bonds. The van der Waals surface area contributed by atoms with Gasteiger partial charge in [-0.25, -0.2) is 4.79 Å². The Morgan fingerprint density at radius 1 is 1.31 bits per heavy atom. The van der Waals surface area contributed by atoms with Crippen molar-refractivity contribution in [3.8, 4) is 0 Å². The van der Waals surface area contributed by atoms with Crippen LogP contribution >= 0.6 is 11.3 Å². The van der Waals surface area contributed by atoms with Gasteiger partial charge in [0.25, 0.3) is 5.56 Å². The monoisotopic (exact) mass is 236 g/mol. The van der Waals surface area contributed by atoms with Crippen LogP contribution in [0, 0.1) is 0 Å². The highest BCUT2D eigenvalue weighted by Crippen LogP contribution is 2.08. The van der Waals surface area contributed by atoms with Crippen molar-refractivity contribution in [3.05, 3.63) is 55.5 Å². The predicted octanol–water partition coefficient (Wildman–Crippen LogP) is 1.14. The molecular weight excluding hydrogens is 224 g/mol. The van der Waals surface area contributed by atoms with E-state index in [2.05, 4.69) is 0 Å². The third kappa shape index (κ3) is 1.99. The lowest BCUT2D eigenvalue weighted by Crippen LogP contribution is -2.38. The first-order valence-corrected chi connectivity index (χ1v) is 5.93. The molecule has 0 unspecified atom stereocenters. The lowest BCUT2D eigenvalue weighted by molar-refractivity contribution is 0.603. The van der Waals surface area contributed by atoms with Crippen LogP contribution in [0.5, 0.6) is 0 Å². The summed E-state index contributed by atoms with van der Waals surface area (Å²) in [7, 11) is 0. The summed E-state index contributed by atoms with van der Waals surface area (Å²) in [5, 5.41) is 1.93. The van der Waals surface area contributed by atoms with Crippen molar-refractivity contribution in [1.82, 2.24) is 9.13 Å².